The molecule has 2 aromatic carbocycles. The van der Waals surface area contributed by atoms with Crippen LogP contribution in [0.4, 0.5) is 0 Å². The zero-order valence-corrected chi connectivity index (χ0v) is 19.6. The Labute approximate surface area is 188 Å². The van der Waals surface area contributed by atoms with Crippen LogP contribution in [0.15, 0.2) is 51.9 Å². The number of benzene rings is 2. The molecule has 1 saturated heterocycles. The molecule has 0 N–H and O–H groups in total. The summed E-state index contributed by atoms with van der Waals surface area (Å²) in [6.45, 7) is 8.62. The third kappa shape index (κ3) is 3.96. The van der Waals surface area contributed by atoms with Crippen LogP contribution in [0.1, 0.15) is 32.8 Å². The minimum Gasteiger partial charge on any atom is -0.350 e. The number of amides is 1. The molecule has 0 bridgehead atoms. The summed E-state index contributed by atoms with van der Waals surface area (Å²) in [6, 6.07) is 13.1. The highest BCUT2D eigenvalue weighted by Gasteiger charge is 2.34. The van der Waals surface area contributed by atoms with Crippen LogP contribution in [-0.4, -0.2) is 54.9 Å². The van der Waals surface area contributed by atoms with Crippen molar-refractivity contribution in [1.82, 2.24) is 14.4 Å². The Bertz CT molecular complexity index is 1230. The van der Waals surface area contributed by atoms with Gasteiger partial charge in [0.05, 0.1) is 4.90 Å². The topological polar surface area (TPSA) is 83.7 Å². The van der Waals surface area contributed by atoms with Gasteiger partial charge in [-0.25, -0.2) is 8.42 Å². The highest BCUT2D eigenvalue weighted by atomic mass is 32.2. The molecule has 0 unspecified atom stereocenters. The lowest BCUT2D eigenvalue weighted by atomic mass is 10.0. The minimum absolute atomic E-state index is 0.154. The minimum atomic E-state index is -3.65. The van der Waals surface area contributed by atoms with E-state index < -0.39 is 10.0 Å². The maximum atomic E-state index is 13.4. The van der Waals surface area contributed by atoms with Gasteiger partial charge in [-0.15, -0.1) is 0 Å². The Morgan fingerprint density at radius 2 is 1.50 bits per heavy atom. The van der Waals surface area contributed by atoms with E-state index in [0.29, 0.717) is 23.7 Å². The number of carbonyl (C=O) groups is 1. The molecule has 2 heterocycles. The second-order valence-corrected chi connectivity index (χ2v) is 10.1. The Balaban J connectivity index is 1.49. The van der Waals surface area contributed by atoms with Crippen LogP contribution in [0.3, 0.4) is 0 Å². The number of sulfonamides is 1. The van der Waals surface area contributed by atoms with E-state index in [1.807, 2.05) is 64.1 Å². The predicted molar refractivity (Wildman–Crippen MR) is 122 cm³/mol. The summed E-state index contributed by atoms with van der Waals surface area (Å²) >= 11 is 0. The van der Waals surface area contributed by atoms with E-state index in [2.05, 4.69) is 5.16 Å². The fraction of sp³-hybridized carbons (Fsp3) is 0.333. The second kappa shape index (κ2) is 8.52. The molecule has 0 spiro atoms. The molecule has 1 aliphatic heterocycles. The molecular weight excluding hydrogens is 426 g/mol. The van der Waals surface area contributed by atoms with Crippen molar-refractivity contribution < 1.29 is 17.7 Å². The molecule has 0 atom stereocenters. The van der Waals surface area contributed by atoms with Crippen LogP contribution >= 0.6 is 0 Å². The zero-order chi connectivity index (χ0) is 23.0. The normalized spacial score (nSPS) is 15.2. The first-order valence-electron chi connectivity index (χ1n) is 10.6. The Morgan fingerprint density at radius 1 is 0.906 bits per heavy atom. The van der Waals surface area contributed by atoms with E-state index in [9.17, 15) is 13.2 Å². The van der Waals surface area contributed by atoms with Gasteiger partial charge in [0.25, 0.3) is 5.91 Å². The number of hydrogen-bond donors (Lipinski definition) is 0. The molecule has 0 radical (unpaired) electrons. The molecule has 1 aromatic heterocycles. The molecule has 7 nitrogen and oxygen atoms in total. The fourth-order valence-corrected chi connectivity index (χ4v) is 6.10. The molecule has 1 amide bonds. The van der Waals surface area contributed by atoms with Crippen LogP contribution in [0.2, 0.25) is 0 Å². The van der Waals surface area contributed by atoms with Crippen molar-refractivity contribution in [3.05, 3.63) is 70.5 Å². The van der Waals surface area contributed by atoms with Crippen molar-refractivity contribution in [2.75, 3.05) is 26.2 Å². The summed E-state index contributed by atoms with van der Waals surface area (Å²) in [5.41, 5.74) is 4.94. The third-order valence-electron chi connectivity index (χ3n) is 6.21. The van der Waals surface area contributed by atoms with Crippen LogP contribution in [0.5, 0.6) is 0 Å². The Kier molecular flexibility index (Phi) is 5.92. The number of piperazine rings is 1. The van der Waals surface area contributed by atoms with Gasteiger partial charge >= 0.3 is 0 Å². The van der Waals surface area contributed by atoms with Gasteiger partial charge in [0, 0.05) is 37.8 Å². The molecule has 8 heteroatoms. The largest absolute Gasteiger partial charge is 0.350 e. The van der Waals surface area contributed by atoms with Crippen molar-refractivity contribution in [2.24, 2.45) is 0 Å². The van der Waals surface area contributed by atoms with Crippen LogP contribution in [0.25, 0.3) is 11.3 Å². The van der Waals surface area contributed by atoms with Gasteiger partial charge < -0.3 is 9.42 Å². The predicted octanol–water partition coefficient (Wildman–Crippen LogP) is 3.72. The molecule has 32 heavy (non-hydrogen) atoms. The first kappa shape index (κ1) is 22.2. The molecule has 4 rings (SSSR count). The summed E-state index contributed by atoms with van der Waals surface area (Å²) in [5.74, 6) is -0.128. The molecular formula is C24H27N3O4S. The van der Waals surface area contributed by atoms with Crippen molar-refractivity contribution >= 4 is 15.9 Å². The van der Waals surface area contributed by atoms with Crippen molar-refractivity contribution in [3.63, 3.8) is 0 Å². The molecule has 168 valence electrons. The van der Waals surface area contributed by atoms with Gasteiger partial charge in [0.2, 0.25) is 15.8 Å². The van der Waals surface area contributed by atoms with E-state index in [1.165, 1.54) is 4.31 Å². The maximum absolute atomic E-state index is 13.4. The lowest BCUT2D eigenvalue weighted by molar-refractivity contribution is 0.0656. The summed E-state index contributed by atoms with van der Waals surface area (Å²) < 4.78 is 33.6. The average Bonchev–Trinajstić information content (AvgIpc) is 3.28. The molecule has 3 aromatic rings. The van der Waals surface area contributed by atoms with Crippen molar-refractivity contribution in [3.8, 4) is 11.3 Å². The summed E-state index contributed by atoms with van der Waals surface area (Å²) in [4.78, 5) is 14.9. The zero-order valence-electron chi connectivity index (χ0n) is 18.8. The molecule has 1 fully saturated rings. The van der Waals surface area contributed by atoms with Gasteiger partial charge in [-0.2, -0.15) is 4.31 Å². The number of carbonyl (C=O) groups excluding carboxylic acids is 1. The van der Waals surface area contributed by atoms with E-state index >= 15 is 0 Å². The SMILES string of the molecule is Cc1cc(C)c(C)c(S(=O)(=O)N2CCN(C(=O)c3cc(-c4ccccc4)no3)CC2)c1C. The fourth-order valence-electron chi connectivity index (χ4n) is 4.11. The summed E-state index contributed by atoms with van der Waals surface area (Å²) in [7, 11) is -3.65. The average molecular weight is 454 g/mol. The molecule has 0 saturated carbocycles. The molecule has 1 aliphatic rings. The van der Waals surface area contributed by atoms with Crippen molar-refractivity contribution in [1.29, 1.82) is 0 Å². The van der Waals surface area contributed by atoms with Gasteiger partial charge in [0.1, 0.15) is 5.69 Å². The Hall–Kier alpha value is -2.97. The van der Waals surface area contributed by atoms with Crippen LogP contribution < -0.4 is 0 Å². The highest BCUT2D eigenvalue weighted by Crippen LogP contribution is 2.29. The van der Waals surface area contributed by atoms with Crippen LogP contribution in [0, 0.1) is 27.7 Å². The maximum Gasteiger partial charge on any atom is 0.292 e. The summed E-state index contributed by atoms with van der Waals surface area (Å²) in [5, 5.41) is 4.00. The first-order chi connectivity index (χ1) is 15.2. The second-order valence-electron chi connectivity index (χ2n) is 8.23. The lowest BCUT2D eigenvalue weighted by Crippen LogP contribution is -2.50. The van der Waals surface area contributed by atoms with Gasteiger partial charge in [0.15, 0.2) is 0 Å². The third-order valence-corrected chi connectivity index (χ3v) is 8.38. The van der Waals surface area contributed by atoms with E-state index in [4.69, 9.17) is 4.52 Å². The number of nitrogens with zero attached hydrogens (tertiary/aromatic N) is 3. The highest BCUT2D eigenvalue weighted by molar-refractivity contribution is 7.89. The lowest BCUT2D eigenvalue weighted by Gasteiger charge is -2.34. The number of rotatable bonds is 4. The van der Waals surface area contributed by atoms with E-state index in [0.717, 1.165) is 27.8 Å². The van der Waals surface area contributed by atoms with Crippen LogP contribution in [-0.2, 0) is 10.0 Å². The quantitative estimate of drug-likeness (QED) is 0.601. The smallest absolute Gasteiger partial charge is 0.292 e. The van der Waals surface area contributed by atoms with E-state index in [1.54, 1.807) is 11.0 Å². The monoisotopic (exact) mass is 453 g/mol. The number of aromatic nitrogens is 1. The summed E-state index contributed by atoms with van der Waals surface area (Å²) in [6.07, 6.45) is 0. The van der Waals surface area contributed by atoms with E-state index in [-0.39, 0.29) is 24.8 Å². The number of aryl methyl sites for hydroxylation is 2. The van der Waals surface area contributed by atoms with Gasteiger partial charge in [-0.3, -0.25) is 4.79 Å². The first-order valence-corrected chi connectivity index (χ1v) is 12.0. The van der Waals surface area contributed by atoms with Gasteiger partial charge in [-0.1, -0.05) is 41.6 Å². The van der Waals surface area contributed by atoms with Gasteiger partial charge in [-0.05, 0) is 49.9 Å². The van der Waals surface area contributed by atoms with Crippen molar-refractivity contribution in [2.45, 2.75) is 32.6 Å². The Morgan fingerprint density at radius 3 is 2.09 bits per heavy atom. The number of hydrogen-bond acceptors (Lipinski definition) is 5. The standard InChI is InChI=1S/C24H27N3O4S/c1-16-14-17(2)19(4)23(18(16)3)32(29,30)27-12-10-26(11-13-27)24(28)22-15-21(25-31-22)20-8-6-5-7-9-20/h5-9,14-15H,10-13H2,1-4H3. The molecule has 0 aliphatic carbocycles.